The predicted octanol–water partition coefficient (Wildman–Crippen LogP) is 1.41. The number of carbonyl (C=O) groups excluding carboxylic acids is 3. The summed E-state index contributed by atoms with van der Waals surface area (Å²) in [5.74, 6) is -0.822. The maximum absolute atomic E-state index is 12.5. The molecular weight excluding hydrogens is 344 g/mol. The van der Waals surface area contributed by atoms with Crippen LogP contribution in [-0.2, 0) is 9.59 Å². The Labute approximate surface area is 148 Å². The third-order valence-electron chi connectivity index (χ3n) is 4.67. The fourth-order valence-corrected chi connectivity index (χ4v) is 3.38. The Balaban J connectivity index is 1.73. The van der Waals surface area contributed by atoms with Crippen molar-refractivity contribution in [1.82, 2.24) is 10.2 Å². The number of hydrogen-bond donors (Lipinski definition) is 2. The van der Waals surface area contributed by atoms with Gasteiger partial charge in [-0.05, 0) is 18.9 Å². The zero-order chi connectivity index (χ0) is 18.9. The highest BCUT2D eigenvalue weighted by molar-refractivity contribution is 6.10. The molecule has 10 heteroatoms. The Bertz CT molecular complexity index is 787. The molecule has 1 aromatic rings. The van der Waals surface area contributed by atoms with Crippen LogP contribution in [0.1, 0.15) is 25.7 Å². The van der Waals surface area contributed by atoms with Gasteiger partial charge in [-0.3, -0.25) is 24.6 Å². The topological polar surface area (TPSA) is 131 Å². The van der Waals surface area contributed by atoms with Gasteiger partial charge >= 0.3 is 6.03 Å². The van der Waals surface area contributed by atoms with Crippen LogP contribution in [0.25, 0.3) is 0 Å². The number of nitro groups is 1. The minimum atomic E-state index is -0.888. The predicted molar refractivity (Wildman–Crippen MR) is 89.7 cm³/mol. The van der Waals surface area contributed by atoms with E-state index in [0.29, 0.717) is 12.8 Å². The zero-order valence-electron chi connectivity index (χ0n) is 14.1. The molecule has 0 aromatic heterocycles. The fourth-order valence-electron chi connectivity index (χ4n) is 3.38. The van der Waals surface area contributed by atoms with Crippen LogP contribution in [0.5, 0.6) is 5.75 Å². The van der Waals surface area contributed by atoms with Crippen LogP contribution in [0.2, 0.25) is 0 Å². The first kappa shape index (κ1) is 17.6. The standard InChI is InChI=1S/C16H18N4O6/c1-26-12-5-4-10(20(24)25)8-11(12)17-13(21)9-19-14(22)16(18-15(19)23)6-2-3-7-16/h4-5,8H,2-3,6-7,9H2,1H3,(H,17,21)(H,18,23). The average molecular weight is 362 g/mol. The summed E-state index contributed by atoms with van der Waals surface area (Å²) in [5.41, 5.74) is -1.02. The molecular formula is C16H18N4O6. The Hall–Kier alpha value is -3.17. The number of hydrogen-bond acceptors (Lipinski definition) is 6. The molecule has 1 spiro atoms. The first-order valence-corrected chi connectivity index (χ1v) is 8.13. The molecule has 0 unspecified atom stereocenters. The van der Waals surface area contributed by atoms with Gasteiger partial charge in [0.15, 0.2) is 0 Å². The van der Waals surface area contributed by atoms with Crippen LogP contribution in [-0.4, -0.2) is 46.9 Å². The summed E-state index contributed by atoms with van der Waals surface area (Å²) < 4.78 is 5.07. The van der Waals surface area contributed by atoms with Crippen molar-refractivity contribution in [3.63, 3.8) is 0 Å². The van der Waals surface area contributed by atoms with Crippen molar-refractivity contribution in [2.24, 2.45) is 0 Å². The number of nitrogens with one attached hydrogen (secondary N) is 2. The van der Waals surface area contributed by atoms with Gasteiger partial charge in [-0.15, -0.1) is 0 Å². The number of nitro benzene ring substituents is 1. The van der Waals surface area contributed by atoms with Gasteiger partial charge < -0.3 is 15.4 Å². The van der Waals surface area contributed by atoms with E-state index < -0.39 is 34.9 Å². The molecule has 1 aliphatic heterocycles. The van der Waals surface area contributed by atoms with E-state index in [2.05, 4.69) is 10.6 Å². The lowest BCUT2D eigenvalue weighted by Gasteiger charge is -2.19. The molecule has 2 aliphatic rings. The Morgan fingerprint density at radius 1 is 1.38 bits per heavy atom. The Morgan fingerprint density at radius 2 is 2.08 bits per heavy atom. The number of benzene rings is 1. The normalized spacial score (nSPS) is 18.1. The first-order valence-electron chi connectivity index (χ1n) is 8.13. The van der Waals surface area contributed by atoms with Crippen molar-refractivity contribution < 1.29 is 24.0 Å². The lowest BCUT2D eigenvalue weighted by atomic mass is 9.98. The molecule has 1 aliphatic carbocycles. The highest BCUT2D eigenvalue weighted by Crippen LogP contribution is 2.35. The summed E-state index contributed by atoms with van der Waals surface area (Å²) in [6, 6.07) is 3.16. The van der Waals surface area contributed by atoms with Gasteiger partial charge in [0.05, 0.1) is 17.7 Å². The van der Waals surface area contributed by atoms with Crippen molar-refractivity contribution in [3.05, 3.63) is 28.3 Å². The fraction of sp³-hybridized carbons (Fsp3) is 0.438. The number of imide groups is 1. The van der Waals surface area contributed by atoms with E-state index in [9.17, 15) is 24.5 Å². The van der Waals surface area contributed by atoms with E-state index in [0.717, 1.165) is 23.8 Å². The van der Waals surface area contributed by atoms with Crippen LogP contribution < -0.4 is 15.4 Å². The number of nitrogens with zero attached hydrogens (tertiary/aromatic N) is 2. The molecule has 2 fully saturated rings. The monoisotopic (exact) mass is 362 g/mol. The van der Waals surface area contributed by atoms with Crippen molar-refractivity contribution in [2.75, 3.05) is 19.0 Å². The number of non-ortho nitro benzene ring substituents is 1. The summed E-state index contributed by atoms with van der Waals surface area (Å²) in [6.07, 6.45) is 2.82. The number of anilines is 1. The molecule has 3 rings (SSSR count). The number of ether oxygens (including phenoxy) is 1. The second kappa shape index (κ2) is 6.62. The van der Waals surface area contributed by atoms with Crippen LogP contribution in [0.4, 0.5) is 16.2 Å². The third kappa shape index (κ3) is 3.05. The minimum Gasteiger partial charge on any atom is -0.495 e. The van der Waals surface area contributed by atoms with Gasteiger partial charge in [-0.1, -0.05) is 12.8 Å². The molecule has 1 aromatic carbocycles. The number of urea groups is 1. The summed E-state index contributed by atoms with van der Waals surface area (Å²) in [4.78, 5) is 48.1. The number of carbonyl (C=O) groups is 3. The van der Waals surface area contributed by atoms with Gasteiger partial charge in [0, 0.05) is 12.1 Å². The van der Waals surface area contributed by atoms with E-state index in [1.165, 1.54) is 19.2 Å². The quantitative estimate of drug-likeness (QED) is 0.462. The Kier molecular flexibility index (Phi) is 4.49. The SMILES string of the molecule is COc1ccc([N+](=O)[O-])cc1NC(=O)CN1C(=O)NC2(CCCC2)C1=O. The molecule has 10 nitrogen and oxygen atoms in total. The second-order valence-electron chi connectivity index (χ2n) is 6.30. The van der Waals surface area contributed by atoms with Crippen molar-refractivity contribution in [3.8, 4) is 5.75 Å². The van der Waals surface area contributed by atoms with Crippen molar-refractivity contribution in [2.45, 2.75) is 31.2 Å². The summed E-state index contributed by atoms with van der Waals surface area (Å²) in [7, 11) is 1.36. The number of methoxy groups -OCH3 is 1. The molecule has 2 N–H and O–H groups in total. The largest absolute Gasteiger partial charge is 0.495 e. The highest BCUT2D eigenvalue weighted by atomic mass is 16.6. The van der Waals surface area contributed by atoms with E-state index in [1.54, 1.807) is 0 Å². The average Bonchev–Trinajstić information content (AvgIpc) is 3.16. The van der Waals surface area contributed by atoms with Crippen molar-refractivity contribution in [1.29, 1.82) is 0 Å². The molecule has 1 saturated carbocycles. The van der Waals surface area contributed by atoms with E-state index in [1.807, 2.05) is 0 Å². The Morgan fingerprint density at radius 3 is 2.69 bits per heavy atom. The van der Waals surface area contributed by atoms with Gasteiger partial charge in [-0.2, -0.15) is 0 Å². The molecule has 1 saturated heterocycles. The smallest absolute Gasteiger partial charge is 0.325 e. The van der Waals surface area contributed by atoms with E-state index in [-0.39, 0.29) is 17.1 Å². The molecule has 138 valence electrons. The molecule has 4 amide bonds. The number of amides is 4. The zero-order valence-corrected chi connectivity index (χ0v) is 14.1. The van der Waals surface area contributed by atoms with E-state index in [4.69, 9.17) is 4.74 Å². The van der Waals surface area contributed by atoms with Gasteiger partial charge in [0.1, 0.15) is 17.8 Å². The lowest BCUT2D eigenvalue weighted by molar-refractivity contribution is -0.384. The van der Waals surface area contributed by atoms with Gasteiger partial charge in [0.25, 0.3) is 11.6 Å². The summed E-state index contributed by atoms with van der Waals surface area (Å²) >= 11 is 0. The van der Waals surface area contributed by atoms with Crippen LogP contribution in [0, 0.1) is 10.1 Å². The molecule has 0 atom stereocenters. The second-order valence-corrected chi connectivity index (χ2v) is 6.30. The molecule has 26 heavy (non-hydrogen) atoms. The van der Waals surface area contributed by atoms with Crippen LogP contribution in [0.15, 0.2) is 18.2 Å². The van der Waals surface area contributed by atoms with Gasteiger partial charge in [0.2, 0.25) is 5.91 Å². The highest BCUT2D eigenvalue weighted by Gasteiger charge is 2.52. The van der Waals surface area contributed by atoms with Gasteiger partial charge in [-0.25, -0.2) is 4.79 Å². The third-order valence-corrected chi connectivity index (χ3v) is 4.67. The van der Waals surface area contributed by atoms with Crippen LogP contribution >= 0.6 is 0 Å². The first-order chi connectivity index (χ1) is 12.4. The summed E-state index contributed by atoms with van der Waals surface area (Å²) in [5, 5.41) is 16.0. The van der Waals surface area contributed by atoms with E-state index >= 15 is 0 Å². The lowest BCUT2D eigenvalue weighted by Crippen LogP contribution is -2.44. The molecule has 1 heterocycles. The number of rotatable bonds is 5. The van der Waals surface area contributed by atoms with Crippen molar-refractivity contribution >= 4 is 29.2 Å². The summed E-state index contributed by atoms with van der Waals surface area (Å²) in [6.45, 7) is -0.474. The minimum absolute atomic E-state index is 0.0920. The maximum atomic E-state index is 12.5. The molecule has 0 bridgehead atoms. The maximum Gasteiger partial charge on any atom is 0.325 e. The molecule has 0 radical (unpaired) electrons. The van der Waals surface area contributed by atoms with Crippen LogP contribution in [0.3, 0.4) is 0 Å².